The maximum Gasteiger partial charge on any atom is 0.239 e. The van der Waals surface area contributed by atoms with E-state index >= 15 is 0 Å². The fourth-order valence-corrected chi connectivity index (χ4v) is 4.50. The molecule has 1 aliphatic rings. The minimum absolute atomic E-state index is 0.0544. The molecule has 0 atom stereocenters. The summed E-state index contributed by atoms with van der Waals surface area (Å²) in [5.41, 5.74) is 3.07. The van der Waals surface area contributed by atoms with E-state index in [0.717, 1.165) is 41.5 Å². The highest BCUT2D eigenvalue weighted by atomic mass is 32.1. The van der Waals surface area contributed by atoms with Gasteiger partial charge in [0.15, 0.2) is 0 Å². The van der Waals surface area contributed by atoms with Gasteiger partial charge in [-0.2, -0.15) is 0 Å². The van der Waals surface area contributed by atoms with Crippen LogP contribution < -0.4 is 5.32 Å². The summed E-state index contributed by atoms with van der Waals surface area (Å²) in [6.45, 7) is 4.56. The highest BCUT2D eigenvalue weighted by Gasteiger charge is 2.13. The summed E-state index contributed by atoms with van der Waals surface area (Å²) in [5, 5.41) is 6.06. The molecule has 0 aliphatic carbocycles. The molecule has 3 aromatic rings. The van der Waals surface area contributed by atoms with Crippen molar-refractivity contribution in [1.82, 2.24) is 19.8 Å². The molecule has 146 valence electrons. The first-order chi connectivity index (χ1) is 13.8. The van der Waals surface area contributed by atoms with E-state index < -0.39 is 0 Å². The Labute approximate surface area is 170 Å². The van der Waals surface area contributed by atoms with Crippen molar-refractivity contribution in [2.75, 3.05) is 26.2 Å². The van der Waals surface area contributed by atoms with Crippen LogP contribution >= 0.6 is 11.3 Å². The second-order valence-corrected chi connectivity index (χ2v) is 8.04. The lowest BCUT2D eigenvalue weighted by molar-refractivity contribution is -0.121. The number of nitrogens with zero attached hydrogens (tertiary/aromatic N) is 3. The molecule has 1 saturated heterocycles. The molecular weight excluding hydrogens is 368 g/mol. The number of hydrogen-bond acceptors (Lipinski definition) is 4. The Bertz CT molecular complexity index is 896. The number of benzene rings is 1. The number of nitrogens with one attached hydrogen (secondary N) is 1. The molecule has 28 heavy (non-hydrogen) atoms. The third-order valence-corrected chi connectivity index (χ3v) is 5.97. The summed E-state index contributed by atoms with van der Waals surface area (Å²) >= 11 is 1.61. The first kappa shape index (κ1) is 18.9. The average molecular weight is 395 g/mol. The number of thiazole rings is 1. The first-order valence-electron chi connectivity index (χ1n) is 9.95. The number of carbonyl (C=O) groups excluding carboxylic acids is 1. The molecule has 0 spiro atoms. The Kier molecular flexibility index (Phi) is 6.19. The van der Waals surface area contributed by atoms with Crippen molar-refractivity contribution in [2.24, 2.45) is 0 Å². The average Bonchev–Trinajstić information content (AvgIpc) is 3.47. The van der Waals surface area contributed by atoms with Crippen LogP contribution in [0.2, 0.25) is 0 Å². The Morgan fingerprint density at radius 3 is 2.75 bits per heavy atom. The van der Waals surface area contributed by atoms with Crippen LogP contribution in [0.3, 0.4) is 0 Å². The molecule has 5 nitrogen and oxygen atoms in total. The number of rotatable bonds is 8. The van der Waals surface area contributed by atoms with E-state index in [9.17, 15) is 4.79 Å². The molecule has 0 bridgehead atoms. The summed E-state index contributed by atoms with van der Waals surface area (Å²) in [6, 6.07) is 14.2. The summed E-state index contributed by atoms with van der Waals surface area (Å²) in [5.74, 6) is 0.0544. The number of likely N-dealkylation sites (tertiary alicyclic amines) is 1. The van der Waals surface area contributed by atoms with Crippen molar-refractivity contribution in [1.29, 1.82) is 0 Å². The maximum atomic E-state index is 12.4. The van der Waals surface area contributed by atoms with E-state index in [1.54, 1.807) is 11.3 Å². The van der Waals surface area contributed by atoms with Gasteiger partial charge in [-0.1, -0.05) is 30.3 Å². The van der Waals surface area contributed by atoms with E-state index in [1.807, 2.05) is 41.1 Å². The molecule has 4 rings (SSSR count). The molecule has 0 unspecified atom stereocenters. The van der Waals surface area contributed by atoms with Crippen LogP contribution in [0.1, 0.15) is 19.3 Å². The molecule has 0 saturated carbocycles. The summed E-state index contributed by atoms with van der Waals surface area (Å²) in [6.07, 6.45) is 5.58. The van der Waals surface area contributed by atoms with Crippen molar-refractivity contribution in [3.63, 3.8) is 0 Å². The van der Waals surface area contributed by atoms with Crippen LogP contribution in [0.15, 0.2) is 54.0 Å². The van der Waals surface area contributed by atoms with Crippen LogP contribution in [0.4, 0.5) is 0 Å². The van der Waals surface area contributed by atoms with Gasteiger partial charge in [0, 0.05) is 23.7 Å². The quantitative estimate of drug-likeness (QED) is 0.590. The summed E-state index contributed by atoms with van der Waals surface area (Å²) < 4.78 is 1.98. The van der Waals surface area contributed by atoms with Gasteiger partial charge < -0.3 is 14.8 Å². The predicted octanol–water partition coefficient (Wildman–Crippen LogP) is 3.88. The SMILES string of the molecule is O=C(Cn1cccc1-c1nc(-c2ccccc2)cs1)NCCCN1CCCC1. The maximum absolute atomic E-state index is 12.4. The number of hydrogen-bond donors (Lipinski definition) is 1. The van der Waals surface area contributed by atoms with Gasteiger partial charge in [-0.3, -0.25) is 4.79 Å². The Morgan fingerprint density at radius 2 is 1.93 bits per heavy atom. The smallest absolute Gasteiger partial charge is 0.239 e. The lowest BCUT2D eigenvalue weighted by atomic mass is 10.2. The molecule has 0 radical (unpaired) electrons. The van der Waals surface area contributed by atoms with E-state index in [0.29, 0.717) is 6.54 Å². The highest BCUT2D eigenvalue weighted by molar-refractivity contribution is 7.13. The van der Waals surface area contributed by atoms with E-state index in [2.05, 4.69) is 27.7 Å². The van der Waals surface area contributed by atoms with Gasteiger partial charge in [0.25, 0.3) is 0 Å². The van der Waals surface area contributed by atoms with Crippen molar-refractivity contribution in [3.05, 3.63) is 54.0 Å². The topological polar surface area (TPSA) is 50.2 Å². The monoisotopic (exact) mass is 394 g/mol. The predicted molar refractivity (Wildman–Crippen MR) is 114 cm³/mol. The largest absolute Gasteiger partial charge is 0.355 e. The summed E-state index contributed by atoms with van der Waals surface area (Å²) in [7, 11) is 0. The van der Waals surface area contributed by atoms with Crippen molar-refractivity contribution >= 4 is 17.2 Å². The fraction of sp³-hybridized carbons (Fsp3) is 0.364. The Hall–Kier alpha value is -2.44. The lowest BCUT2D eigenvalue weighted by Gasteiger charge is -2.14. The summed E-state index contributed by atoms with van der Waals surface area (Å²) in [4.78, 5) is 19.6. The Morgan fingerprint density at radius 1 is 1.11 bits per heavy atom. The third kappa shape index (κ3) is 4.69. The van der Waals surface area contributed by atoms with Gasteiger partial charge >= 0.3 is 0 Å². The second-order valence-electron chi connectivity index (χ2n) is 7.18. The van der Waals surface area contributed by atoms with Crippen LogP contribution in [0.5, 0.6) is 0 Å². The number of carbonyl (C=O) groups is 1. The molecule has 3 heterocycles. The van der Waals surface area contributed by atoms with Crippen LogP contribution in [-0.4, -0.2) is 46.5 Å². The normalized spacial score (nSPS) is 14.4. The van der Waals surface area contributed by atoms with Crippen molar-refractivity contribution in [3.8, 4) is 22.0 Å². The highest BCUT2D eigenvalue weighted by Crippen LogP contribution is 2.29. The molecular formula is C22H26N4OS. The van der Waals surface area contributed by atoms with Gasteiger partial charge in [-0.25, -0.2) is 4.98 Å². The lowest BCUT2D eigenvalue weighted by Crippen LogP contribution is -2.31. The van der Waals surface area contributed by atoms with E-state index in [1.165, 1.54) is 25.9 Å². The Balaban J connectivity index is 1.32. The molecule has 1 aliphatic heterocycles. The molecule has 6 heteroatoms. The van der Waals surface area contributed by atoms with Crippen LogP contribution in [0.25, 0.3) is 22.0 Å². The molecule has 1 amide bonds. The number of amides is 1. The van der Waals surface area contributed by atoms with Crippen molar-refractivity contribution in [2.45, 2.75) is 25.8 Å². The van der Waals surface area contributed by atoms with Crippen LogP contribution in [-0.2, 0) is 11.3 Å². The minimum Gasteiger partial charge on any atom is -0.355 e. The van der Waals surface area contributed by atoms with E-state index in [-0.39, 0.29) is 5.91 Å². The van der Waals surface area contributed by atoms with Gasteiger partial charge in [0.05, 0.1) is 11.4 Å². The fourth-order valence-electron chi connectivity index (χ4n) is 3.63. The van der Waals surface area contributed by atoms with Gasteiger partial charge in [-0.05, 0) is 51.0 Å². The zero-order chi connectivity index (χ0) is 19.2. The zero-order valence-electron chi connectivity index (χ0n) is 16.0. The van der Waals surface area contributed by atoms with Crippen molar-refractivity contribution < 1.29 is 4.79 Å². The van der Waals surface area contributed by atoms with Gasteiger partial charge in [0.1, 0.15) is 11.6 Å². The van der Waals surface area contributed by atoms with Crippen LogP contribution in [0, 0.1) is 0 Å². The zero-order valence-corrected chi connectivity index (χ0v) is 16.8. The minimum atomic E-state index is 0.0544. The van der Waals surface area contributed by atoms with Gasteiger partial charge in [0.2, 0.25) is 5.91 Å². The molecule has 2 aromatic heterocycles. The molecule has 1 aromatic carbocycles. The number of aromatic nitrogens is 2. The first-order valence-corrected chi connectivity index (χ1v) is 10.8. The third-order valence-electron chi connectivity index (χ3n) is 5.11. The molecule has 1 N–H and O–H groups in total. The second kappa shape index (κ2) is 9.17. The standard InChI is InChI=1S/C22H26N4OS/c27-21(23-11-7-14-25-12-4-5-13-25)16-26-15-6-10-20(26)22-24-19(17-28-22)18-8-2-1-3-9-18/h1-3,6,8-10,15,17H,4-5,7,11-14,16H2,(H,23,27). The van der Waals surface area contributed by atoms with Gasteiger partial charge in [-0.15, -0.1) is 11.3 Å². The molecule has 1 fully saturated rings. The van der Waals surface area contributed by atoms with E-state index in [4.69, 9.17) is 4.98 Å².